The zero-order chi connectivity index (χ0) is 23.6. The van der Waals surface area contributed by atoms with Crippen molar-refractivity contribution < 1.29 is 13.2 Å². The van der Waals surface area contributed by atoms with Gasteiger partial charge in [0.15, 0.2) is 0 Å². The molecular formula is C25H26N4O3S. The zero-order valence-electron chi connectivity index (χ0n) is 18.8. The van der Waals surface area contributed by atoms with Gasteiger partial charge in [-0.3, -0.25) is 9.10 Å². The maximum Gasteiger partial charge on any atom is 0.264 e. The van der Waals surface area contributed by atoms with Crippen LogP contribution in [-0.4, -0.2) is 30.9 Å². The Morgan fingerprint density at radius 1 is 1.00 bits per heavy atom. The Kier molecular flexibility index (Phi) is 6.20. The lowest BCUT2D eigenvalue weighted by Crippen LogP contribution is -2.29. The molecule has 0 spiro atoms. The minimum Gasteiger partial charge on any atom is -0.342 e. The molecule has 1 atom stereocenters. The molecule has 7 nitrogen and oxygen atoms in total. The number of aromatic nitrogens is 2. The number of carbonyl (C=O) groups is 1. The number of nitrogens with one attached hydrogen (secondary N) is 1. The lowest BCUT2D eigenvalue weighted by atomic mass is 10.2. The van der Waals surface area contributed by atoms with Crippen molar-refractivity contribution in [2.24, 2.45) is 0 Å². The second kappa shape index (κ2) is 9.07. The fourth-order valence-electron chi connectivity index (χ4n) is 3.81. The summed E-state index contributed by atoms with van der Waals surface area (Å²) < 4.78 is 29.2. The van der Waals surface area contributed by atoms with Gasteiger partial charge in [-0.25, -0.2) is 13.4 Å². The summed E-state index contributed by atoms with van der Waals surface area (Å²) >= 11 is 0. The number of imidazole rings is 1. The highest BCUT2D eigenvalue weighted by Gasteiger charge is 2.22. The molecule has 0 aliphatic heterocycles. The highest BCUT2D eigenvalue weighted by atomic mass is 32.2. The summed E-state index contributed by atoms with van der Waals surface area (Å²) in [6, 6.07) is 22.3. The molecule has 1 N–H and O–H groups in total. The highest BCUT2D eigenvalue weighted by Crippen LogP contribution is 2.23. The number of anilines is 1. The summed E-state index contributed by atoms with van der Waals surface area (Å²) in [7, 11) is -2.23. The van der Waals surface area contributed by atoms with Gasteiger partial charge in [0.05, 0.1) is 27.7 Å². The summed E-state index contributed by atoms with van der Waals surface area (Å²) in [4.78, 5) is 17.7. The monoisotopic (exact) mass is 462 g/mol. The van der Waals surface area contributed by atoms with E-state index in [-0.39, 0.29) is 16.8 Å². The summed E-state index contributed by atoms with van der Waals surface area (Å²) in [5, 5.41) is 2.97. The molecule has 0 radical (unpaired) electrons. The molecule has 1 aromatic heterocycles. The van der Waals surface area contributed by atoms with Crippen molar-refractivity contribution in [2.75, 3.05) is 11.4 Å². The minimum atomic E-state index is -3.74. The fraction of sp³-hybridized carbons (Fsp3) is 0.200. The first-order valence-electron chi connectivity index (χ1n) is 10.7. The SMILES string of the molecule is CCn1c(C(C)NC(=O)c2ccc(S(=O)(=O)N(C)c3ccccc3)cc2)nc2ccccc21. The summed E-state index contributed by atoms with van der Waals surface area (Å²) in [5.74, 6) is 0.480. The van der Waals surface area contributed by atoms with Crippen LogP contribution in [0.2, 0.25) is 0 Å². The number of amides is 1. The number of rotatable bonds is 7. The first kappa shape index (κ1) is 22.5. The van der Waals surface area contributed by atoms with Crippen molar-refractivity contribution in [1.29, 1.82) is 0 Å². The maximum absolute atomic E-state index is 12.9. The summed E-state index contributed by atoms with van der Waals surface area (Å²) in [5.41, 5.74) is 2.84. The van der Waals surface area contributed by atoms with Crippen LogP contribution < -0.4 is 9.62 Å². The quantitative estimate of drug-likeness (QED) is 0.442. The number of carbonyl (C=O) groups excluding carboxylic acids is 1. The standard InChI is InChI=1S/C25H26N4O3S/c1-4-29-23-13-9-8-12-22(23)27-24(29)18(2)26-25(30)19-14-16-21(17-15-19)33(31,32)28(3)20-10-6-5-7-11-20/h5-18H,4H2,1-3H3,(H,26,30). The molecule has 1 unspecified atom stereocenters. The molecule has 0 fully saturated rings. The van der Waals surface area contributed by atoms with Gasteiger partial charge in [-0.1, -0.05) is 30.3 Å². The molecule has 170 valence electrons. The first-order valence-corrected chi connectivity index (χ1v) is 12.2. The van der Waals surface area contributed by atoms with E-state index >= 15 is 0 Å². The Bertz CT molecular complexity index is 1380. The van der Waals surface area contributed by atoms with Gasteiger partial charge in [0.2, 0.25) is 0 Å². The maximum atomic E-state index is 12.9. The second-order valence-electron chi connectivity index (χ2n) is 7.73. The van der Waals surface area contributed by atoms with Crippen LogP contribution in [0.3, 0.4) is 0 Å². The number of aryl methyl sites for hydroxylation is 1. The zero-order valence-corrected chi connectivity index (χ0v) is 19.6. The van der Waals surface area contributed by atoms with Crippen LogP contribution in [0.1, 0.15) is 36.1 Å². The Hall–Kier alpha value is -3.65. The molecule has 0 saturated heterocycles. The molecule has 4 rings (SSSR count). The lowest BCUT2D eigenvalue weighted by Gasteiger charge is -2.19. The third kappa shape index (κ3) is 4.34. The number of fused-ring (bicyclic) bond motifs is 1. The predicted octanol–water partition coefficient (Wildman–Crippen LogP) is 4.37. The fourth-order valence-corrected chi connectivity index (χ4v) is 5.01. The van der Waals surface area contributed by atoms with E-state index < -0.39 is 10.0 Å². The Labute approximate surface area is 193 Å². The molecule has 0 aliphatic rings. The molecule has 3 aromatic carbocycles. The topological polar surface area (TPSA) is 84.3 Å². The number of hydrogen-bond donors (Lipinski definition) is 1. The van der Waals surface area contributed by atoms with E-state index in [1.54, 1.807) is 24.3 Å². The molecular weight excluding hydrogens is 436 g/mol. The van der Waals surface area contributed by atoms with Crippen LogP contribution in [0.15, 0.2) is 83.8 Å². The Morgan fingerprint density at radius 3 is 2.30 bits per heavy atom. The van der Waals surface area contributed by atoms with E-state index in [0.29, 0.717) is 11.3 Å². The van der Waals surface area contributed by atoms with Crippen LogP contribution >= 0.6 is 0 Å². The van der Waals surface area contributed by atoms with Crippen molar-refractivity contribution in [3.63, 3.8) is 0 Å². The normalized spacial score (nSPS) is 12.5. The van der Waals surface area contributed by atoms with Crippen LogP contribution in [0.4, 0.5) is 5.69 Å². The second-order valence-corrected chi connectivity index (χ2v) is 9.70. The van der Waals surface area contributed by atoms with Gasteiger partial charge in [-0.05, 0) is 62.4 Å². The molecule has 4 aromatic rings. The molecule has 1 amide bonds. The van der Waals surface area contributed by atoms with E-state index in [1.807, 2.05) is 44.2 Å². The number of benzene rings is 3. The molecule has 0 aliphatic carbocycles. The number of hydrogen-bond acceptors (Lipinski definition) is 4. The van der Waals surface area contributed by atoms with Crippen molar-refractivity contribution >= 4 is 32.7 Å². The molecule has 8 heteroatoms. The van der Waals surface area contributed by atoms with Gasteiger partial charge in [0, 0.05) is 19.2 Å². The van der Waals surface area contributed by atoms with Crippen molar-refractivity contribution in [3.8, 4) is 0 Å². The summed E-state index contributed by atoms with van der Waals surface area (Å²) in [6.07, 6.45) is 0. The van der Waals surface area contributed by atoms with Gasteiger partial charge < -0.3 is 9.88 Å². The van der Waals surface area contributed by atoms with Gasteiger partial charge in [-0.15, -0.1) is 0 Å². The van der Waals surface area contributed by atoms with Crippen LogP contribution in [0, 0.1) is 0 Å². The Balaban J connectivity index is 1.52. The van der Waals surface area contributed by atoms with Gasteiger partial charge in [0.1, 0.15) is 5.82 Å². The van der Waals surface area contributed by atoms with Crippen LogP contribution in [0.25, 0.3) is 11.0 Å². The third-order valence-corrected chi connectivity index (χ3v) is 7.43. The minimum absolute atomic E-state index is 0.117. The summed E-state index contributed by atoms with van der Waals surface area (Å²) in [6.45, 7) is 4.66. The van der Waals surface area contributed by atoms with Gasteiger partial charge >= 0.3 is 0 Å². The van der Waals surface area contributed by atoms with E-state index in [2.05, 4.69) is 14.9 Å². The largest absolute Gasteiger partial charge is 0.342 e. The average Bonchev–Trinajstić information content (AvgIpc) is 3.23. The smallest absolute Gasteiger partial charge is 0.264 e. The van der Waals surface area contributed by atoms with E-state index in [0.717, 1.165) is 23.4 Å². The van der Waals surface area contributed by atoms with E-state index in [1.165, 1.54) is 35.6 Å². The first-order chi connectivity index (χ1) is 15.8. The van der Waals surface area contributed by atoms with Crippen LogP contribution in [0.5, 0.6) is 0 Å². The van der Waals surface area contributed by atoms with E-state index in [9.17, 15) is 13.2 Å². The van der Waals surface area contributed by atoms with Crippen LogP contribution in [-0.2, 0) is 16.6 Å². The van der Waals surface area contributed by atoms with Crippen molar-refractivity contribution in [3.05, 3.63) is 90.3 Å². The number of sulfonamides is 1. The molecule has 1 heterocycles. The molecule has 0 bridgehead atoms. The van der Waals surface area contributed by atoms with E-state index in [4.69, 9.17) is 0 Å². The van der Waals surface area contributed by atoms with Gasteiger partial charge in [-0.2, -0.15) is 0 Å². The number of para-hydroxylation sites is 3. The molecule has 0 saturated carbocycles. The Morgan fingerprint density at radius 2 is 1.64 bits per heavy atom. The molecule has 33 heavy (non-hydrogen) atoms. The number of nitrogens with zero attached hydrogens (tertiary/aromatic N) is 3. The predicted molar refractivity (Wildman–Crippen MR) is 130 cm³/mol. The lowest BCUT2D eigenvalue weighted by molar-refractivity contribution is 0.0937. The third-order valence-electron chi connectivity index (χ3n) is 5.63. The highest BCUT2D eigenvalue weighted by molar-refractivity contribution is 7.92. The van der Waals surface area contributed by atoms with Crippen molar-refractivity contribution in [2.45, 2.75) is 31.3 Å². The average molecular weight is 463 g/mol. The van der Waals surface area contributed by atoms with Crippen molar-refractivity contribution in [1.82, 2.24) is 14.9 Å². The van der Waals surface area contributed by atoms with Gasteiger partial charge in [0.25, 0.3) is 15.9 Å².